The molecule has 15 heavy (non-hydrogen) atoms. The number of hydrogen-bond acceptors (Lipinski definition) is 2. The van der Waals surface area contributed by atoms with Crippen molar-refractivity contribution in [2.75, 3.05) is 13.1 Å². The van der Waals surface area contributed by atoms with E-state index < -0.39 is 0 Å². The van der Waals surface area contributed by atoms with Gasteiger partial charge < -0.3 is 10.2 Å². The monoisotopic (exact) mass is 210 g/mol. The number of nitrogens with one attached hydrogen (secondary N) is 1. The van der Waals surface area contributed by atoms with Crippen molar-refractivity contribution in [2.45, 2.75) is 52.1 Å². The Morgan fingerprint density at radius 1 is 1.27 bits per heavy atom. The molecule has 0 saturated carbocycles. The zero-order valence-electron chi connectivity index (χ0n) is 10.0. The van der Waals surface area contributed by atoms with E-state index in [0.29, 0.717) is 24.4 Å². The topological polar surface area (TPSA) is 32.3 Å². The van der Waals surface area contributed by atoms with Gasteiger partial charge in [0.25, 0.3) is 0 Å². The molecule has 0 aromatic heterocycles. The molecule has 0 aromatic carbocycles. The van der Waals surface area contributed by atoms with Crippen molar-refractivity contribution in [1.82, 2.24) is 10.2 Å². The summed E-state index contributed by atoms with van der Waals surface area (Å²) in [4.78, 5) is 14.3. The van der Waals surface area contributed by atoms with Gasteiger partial charge in [-0.05, 0) is 18.3 Å². The van der Waals surface area contributed by atoms with Crippen LogP contribution in [0.4, 0.5) is 0 Å². The van der Waals surface area contributed by atoms with Gasteiger partial charge in [0, 0.05) is 31.6 Å². The highest BCUT2D eigenvalue weighted by Crippen LogP contribution is 2.30. The molecule has 86 valence electrons. The second-order valence-electron chi connectivity index (χ2n) is 6.08. The highest BCUT2D eigenvalue weighted by Gasteiger charge is 2.39. The standard InChI is InChI=1S/C12H22N2O/c1-12(2,3)6-11(15)14-9-4-5-10(14)8-13-7-9/h9-10,13H,4-8H2,1-3H3. The first-order chi connectivity index (χ1) is 6.97. The number of carbonyl (C=O) groups is 1. The molecule has 1 amide bonds. The smallest absolute Gasteiger partial charge is 0.223 e. The first-order valence-electron chi connectivity index (χ1n) is 5.99. The molecule has 1 N–H and O–H groups in total. The van der Waals surface area contributed by atoms with E-state index in [1.807, 2.05) is 0 Å². The third kappa shape index (κ3) is 2.33. The van der Waals surface area contributed by atoms with Crippen LogP contribution >= 0.6 is 0 Å². The predicted octanol–water partition coefficient (Wildman–Crippen LogP) is 1.39. The Morgan fingerprint density at radius 2 is 1.80 bits per heavy atom. The molecule has 0 aliphatic carbocycles. The zero-order valence-corrected chi connectivity index (χ0v) is 10.0. The number of rotatable bonds is 1. The van der Waals surface area contributed by atoms with Crippen LogP contribution < -0.4 is 5.32 Å². The van der Waals surface area contributed by atoms with Crippen LogP contribution in [0.5, 0.6) is 0 Å². The molecule has 2 fully saturated rings. The summed E-state index contributed by atoms with van der Waals surface area (Å²) >= 11 is 0. The number of amides is 1. The van der Waals surface area contributed by atoms with E-state index in [-0.39, 0.29) is 5.41 Å². The second-order valence-corrected chi connectivity index (χ2v) is 6.08. The van der Waals surface area contributed by atoms with Crippen molar-refractivity contribution in [1.29, 1.82) is 0 Å². The van der Waals surface area contributed by atoms with Crippen LogP contribution in [0.2, 0.25) is 0 Å². The van der Waals surface area contributed by atoms with Gasteiger partial charge in [-0.2, -0.15) is 0 Å². The number of carbonyl (C=O) groups excluding carboxylic acids is 1. The minimum absolute atomic E-state index is 0.112. The lowest BCUT2D eigenvalue weighted by molar-refractivity contribution is -0.136. The van der Waals surface area contributed by atoms with Crippen LogP contribution in [0, 0.1) is 5.41 Å². The van der Waals surface area contributed by atoms with Crippen LogP contribution in [-0.2, 0) is 4.79 Å². The number of hydrogen-bond donors (Lipinski definition) is 1. The fraction of sp³-hybridized carbons (Fsp3) is 0.917. The van der Waals surface area contributed by atoms with Crippen molar-refractivity contribution < 1.29 is 4.79 Å². The first-order valence-corrected chi connectivity index (χ1v) is 5.99. The summed E-state index contributed by atoms with van der Waals surface area (Å²) in [7, 11) is 0. The van der Waals surface area contributed by atoms with Crippen LogP contribution in [0.3, 0.4) is 0 Å². The Kier molecular flexibility index (Phi) is 2.75. The molecule has 2 bridgehead atoms. The molecule has 3 nitrogen and oxygen atoms in total. The van der Waals surface area contributed by atoms with Gasteiger partial charge in [0.15, 0.2) is 0 Å². The minimum Gasteiger partial charge on any atom is -0.334 e. The Hall–Kier alpha value is -0.570. The van der Waals surface area contributed by atoms with E-state index >= 15 is 0 Å². The third-order valence-electron chi connectivity index (χ3n) is 3.35. The van der Waals surface area contributed by atoms with Gasteiger partial charge in [-0.25, -0.2) is 0 Å². The molecule has 0 radical (unpaired) electrons. The van der Waals surface area contributed by atoms with Crippen molar-refractivity contribution in [2.24, 2.45) is 5.41 Å². The summed E-state index contributed by atoms with van der Waals surface area (Å²) in [6, 6.07) is 0.942. The van der Waals surface area contributed by atoms with Gasteiger partial charge in [0.2, 0.25) is 5.91 Å². The van der Waals surface area contributed by atoms with Gasteiger partial charge in [0.1, 0.15) is 0 Å². The molecule has 2 saturated heterocycles. The molecule has 2 atom stereocenters. The van der Waals surface area contributed by atoms with Crippen LogP contribution in [0.25, 0.3) is 0 Å². The van der Waals surface area contributed by atoms with Crippen molar-refractivity contribution in [3.8, 4) is 0 Å². The fourth-order valence-corrected chi connectivity index (χ4v) is 2.73. The highest BCUT2D eigenvalue weighted by molar-refractivity contribution is 5.78. The van der Waals surface area contributed by atoms with E-state index in [2.05, 4.69) is 31.0 Å². The zero-order chi connectivity index (χ0) is 11.1. The summed E-state index contributed by atoms with van der Waals surface area (Å²) in [5.41, 5.74) is 0.112. The molecule has 0 spiro atoms. The largest absolute Gasteiger partial charge is 0.334 e. The first kappa shape index (κ1) is 10.9. The Morgan fingerprint density at radius 3 is 2.27 bits per heavy atom. The Labute approximate surface area is 92.2 Å². The lowest BCUT2D eigenvalue weighted by atomic mass is 9.91. The minimum atomic E-state index is 0.112. The Bertz CT molecular complexity index is 241. The summed E-state index contributed by atoms with van der Waals surface area (Å²) in [5, 5.41) is 3.40. The molecule has 2 unspecified atom stereocenters. The van der Waals surface area contributed by atoms with Crippen molar-refractivity contribution in [3.63, 3.8) is 0 Å². The van der Waals surface area contributed by atoms with E-state index in [9.17, 15) is 4.79 Å². The average Bonchev–Trinajstić information content (AvgIpc) is 2.34. The van der Waals surface area contributed by atoms with Crippen molar-refractivity contribution >= 4 is 5.91 Å². The number of piperazine rings is 1. The van der Waals surface area contributed by atoms with E-state index in [0.717, 1.165) is 13.1 Å². The van der Waals surface area contributed by atoms with Gasteiger partial charge >= 0.3 is 0 Å². The lowest BCUT2D eigenvalue weighted by Gasteiger charge is -2.37. The summed E-state index contributed by atoms with van der Waals surface area (Å²) in [6.07, 6.45) is 3.06. The normalized spacial score (nSPS) is 30.7. The maximum atomic E-state index is 12.2. The second kappa shape index (κ2) is 3.78. The van der Waals surface area contributed by atoms with E-state index in [4.69, 9.17) is 0 Å². The lowest BCUT2D eigenvalue weighted by Crippen LogP contribution is -2.54. The van der Waals surface area contributed by atoms with Crippen LogP contribution in [0.15, 0.2) is 0 Å². The molecule has 0 aromatic rings. The predicted molar refractivity (Wildman–Crippen MR) is 60.6 cm³/mol. The maximum absolute atomic E-state index is 12.2. The van der Waals surface area contributed by atoms with Crippen LogP contribution in [-0.4, -0.2) is 36.0 Å². The molecule has 2 aliphatic heterocycles. The molecular formula is C12H22N2O. The molecule has 3 heteroatoms. The number of fused-ring (bicyclic) bond motifs is 2. The number of nitrogens with zero attached hydrogens (tertiary/aromatic N) is 1. The quantitative estimate of drug-likeness (QED) is 0.709. The van der Waals surface area contributed by atoms with Crippen LogP contribution in [0.1, 0.15) is 40.0 Å². The fourth-order valence-electron chi connectivity index (χ4n) is 2.73. The van der Waals surface area contributed by atoms with Gasteiger partial charge in [-0.1, -0.05) is 20.8 Å². The third-order valence-corrected chi connectivity index (χ3v) is 3.35. The molecule has 2 rings (SSSR count). The van der Waals surface area contributed by atoms with E-state index in [1.54, 1.807) is 0 Å². The highest BCUT2D eigenvalue weighted by atomic mass is 16.2. The van der Waals surface area contributed by atoms with E-state index in [1.165, 1.54) is 12.8 Å². The molecular weight excluding hydrogens is 188 g/mol. The molecule has 2 heterocycles. The Balaban J connectivity index is 2.01. The van der Waals surface area contributed by atoms with Crippen molar-refractivity contribution in [3.05, 3.63) is 0 Å². The van der Waals surface area contributed by atoms with Gasteiger partial charge in [-0.15, -0.1) is 0 Å². The molecule has 2 aliphatic rings. The maximum Gasteiger partial charge on any atom is 0.223 e. The SMILES string of the molecule is CC(C)(C)CC(=O)N1C2CCC1CNC2. The summed E-state index contributed by atoms with van der Waals surface area (Å²) in [5.74, 6) is 0.358. The summed E-state index contributed by atoms with van der Waals surface area (Å²) < 4.78 is 0. The summed E-state index contributed by atoms with van der Waals surface area (Å²) in [6.45, 7) is 8.39. The van der Waals surface area contributed by atoms with Gasteiger partial charge in [0.05, 0.1) is 0 Å². The average molecular weight is 210 g/mol. The van der Waals surface area contributed by atoms with Gasteiger partial charge in [-0.3, -0.25) is 4.79 Å².